The Labute approximate surface area is 160 Å². The van der Waals surface area contributed by atoms with Gasteiger partial charge in [-0.3, -0.25) is 4.79 Å². The van der Waals surface area contributed by atoms with Crippen LogP contribution in [0, 0.1) is 29.6 Å². The third kappa shape index (κ3) is 5.22. The summed E-state index contributed by atoms with van der Waals surface area (Å²) in [6.07, 6.45) is 5.62. The zero-order valence-corrected chi connectivity index (χ0v) is 15.6. The Morgan fingerprint density at radius 3 is 2.78 bits per heavy atom. The van der Waals surface area contributed by atoms with Gasteiger partial charge in [0.2, 0.25) is 0 Å². The number of carboxylic acid groups (broad SMARTS) is 1. The van der Waals surface area contributed by atoms with Crippen molar-refractivity contribution >= 4 is 5.97 Å². The van der Waals surface area contributed by atoms with Crippen molar-refractivity contribution in [3.05, 3.63) is 47.5 Å². The predicted octanol–water partition coefficient (Wildman–Crippen LogP) is 3.18. The van der Waals surface area contributed by atoms with Crippen molar-refractivity contribution in [1.82, 2.24) is 0 Å². The van der Waals surface area contributed by atoms with E-state index in [9.17, 15) is 15.0 Å². The van der Waals surface area contributed by atoms with Crippen molar-refractivity contribution in [3.8, 4) is 11.8 Å². The number of hydrogen-bond donors (Lipinski definition) is 3. The Balaban J connectivity index is 1.53. The molecule has 4 nitrogen and oxygen atoms in total. The van der Waals surface area contributed by atoms with Gasteiger partial charge in [0.05, 0.1) is 12.0 Å². The number of fused-ring (bicyclic) bond motifs is 1. The normalized spacial score (nSPS) is 29.2. The molecule has 1 unspecified atom stereocenters. The summed E-state index contributed by atoms with van der Waals surface area (Å²) in [5.74, 6) is 6.01. The summed E-state index contributed by atoms with van der Waals surface area (Å²) in [6, 6.07) is 10.0. The van der Waals surface area contributed by atoms with E-state index in [1.165, 1.54) is 11.1 Å². The fourth-order valence-electron chi connectivity index (χ4n) is 4.30. The van der Waals surface area contributed by atoms with Crippen LogP contribution in [0.2, 0.25) is 0 Å². The van der Waals surface area contributed by atoms with Gasteiger partial charge in [-0.15, -0.1) is 0 Å². The van der Waals surface area contributed by atoms with E-state index in [4.69, 9.17) is 5.11 Å². The molecule has 0 aromatic heterocycles. The van der Waals surface area contributed by atoms with Gasteiger partial charge in [0, 0.05) is 6.42 Å². The van der Waals surface area contributed by atoms with Crippen LogP contribution in [0.1, 0.15) is 44.1 Å². The SMILES string of the molecule is O=C(O)CC/C=C1\C[C@@H]2[C@@H](C#CC(O)CCc3ccccc3)[C@H](O)CC[C@H]12. The zero-order valence-electron chi connectivity index (χ0n) is 15.6. The second-order valence-corrected chi connectivity index (χ2v) is 7.69. The predicted molar refractivity (Wildman–Crippen MR) is 104 cm³/mol. The Bertz CT molecular complexity index is 728. The van der Waals surface area contributed by atoms with Gasteiger partial charge in [0.25, 0.3) is 0 Å². The number of carboxylic acids is 1. The van der Waals surface area contributed by atoms with Crippen LogP contribution in [0.4, 0.5) is 0 Å². The van der Waals surface area contributed by atoms with Crippen molar-refractivity contribution in [2.24, 2.45) is 17.8 Å². The van der Waals surface area contributed by atoms with Gasteiger partial charge in [-0.1, -0.05) is 53.8 Å². The molecule has 3 N–H and O–H groups in total. The molecule has 0 heterocycles. The largest absolute Gasteiger partial charge is 0.481 e. The van der Waals surface area contributed by atoms with E-state index in [1.807, 2.05) is 30.3 Å². The monoisotopic (exact) mass is 368 g/mol. The molecule has 3 rings (SSSR count). The molecule has 1 aromatic rings. The molecule has 144 valence electrons. The number of hydrogen-bond acceptors (Lipinski definition) is 3. The molecule has 5 atom stereocenters. The topological polar surface area (TPSA) is 77.8 Å². The highest BCUT2D eigenvalue weighted by atomic mass is 16.4. The first-order valence-electron chi connectivity index (χ1n) is 9.86. The molecule has 0 amide bonds. The first kappa shape index (κ1) is 19.7. The number of aliphatic carboxylic acids is 1. The number of allylic oxidation sites excluding steroid dienone is 2. The summed E-state index contributed by atoms with van der Waals surface area (Å²) < 4.78 is 0. The minimum atomic E-state index is -0.768. The second-order valence-electron chi connectivity index (χ2n) is 7.69. The number of aryl methyl sites for hydroxylation is 1. The average molecular weight is 368 g/mol. The molecule has 0 aliphatic heterocycles. The smallest absolute Gasteiger partial charge is 0.303 e. The standard InChI is InChI=1S/C23H28O4/c24-18(10-9-16-5-2-1-3-6-16)11-12-20-21-15-17(7-4-8-23(26)27)19(21)13-14-22(20)25/h1-3,5-7,18-22,24-25H,4,8-10,13-15H2,(H,26,27)/b17-7+/t18?,19-,20-,21+,22-/m1/s1. The lowest BCUT2D eigenvalue weighted by Crippen LogP contribution is -2.44. The van der Waals surface area contributed by atoms with E-state index in [-0.39, 0.29) is 12.3 Å². The minimum absolute atomic E-state index is 0.0910. The third-order valence-electron chi connectivity index (χ3n) is 5.84. The van der Waals surface area contributed by atoms with Crippen LogP contribution in [-0.2, 0) is 11.2 Å². The Morgan fingerprint density at radius 2 is 2.04 bits per heavy atom. The Kier molecular flexibility index (Phi) is 6.71. The molecule has 2 aliphatic rings. The maximum Gasteiger partial charge on any atom is 0.303 e. The quantitative estimate of drug-likeness (QED) is 0.532. The van der Waals surface area contributed by atoms with Gasteiger partial charge in [0.1, 0.15) is 6.10 Å². The van der Waals surface area contributed by atoms with Gasteiger partial charge in [-0.2, -0.15) is 0 Å². The highest BCUT2D eigenvalue weighted by Crippen LogP contribution is 2.51. The van der Waals surface area contributed by atoms with E-state index in [0.29, 0.717) is 24.7 Å². The molecule has 0 saturated heterocycles. The minimum Gasteiger partial charge on any atom is -0.481 e. The molecule has 1 aromatic carbocycles. The van der Waals surface area contributed by atoms with Crippen LogP contribution in [-0.4, -0.2) is 33.5 Å². The van der Waals surface area contributed by atoms with Crippen molar-refractivity contribution in [2.45, 2.75) is 57.2 Å². The van der Waals surface area contributed by atoms with Crippen molar-refractivity contribution in [1.29, 1.82) is 0 Å². The van der Waals surface area contributed by atoms with Crippen molar-refractivity contribution in [2.75, 3.05) is 0 Å². The number of aliphatic hydroxyl groups excluding tert-OH is 2. The van der Waals surface area contributed by atoms with Gasteiger partial charge < -0.3 is 15.3 Å². The summed E-state index contributed by atoms with van der Waals surface area (Å²) in [6.45, 7) is 0. The molecule has 0 radical (unpaired) electrons. The van der Waals surface area contributed by atoms with Crippen molar-refractivity contribution in [3.63, 3.8) is 0 Å². The number of aliphatic hydroxyl groups is 2. The van der Waals surface area contributed by atoms with E-state index >= 15 is 0 Å². The molecule has 27 heavy (non-hydrogen) atoms. The van der Waals surface area contributed by atoms with Crippen LogP contribution in [0.25, 0.3) is 0 Å². The molecule has 0 spiro atoms. The van der Waals surface area contributed by atoms with Crippen LogP contribution < -0.4 is 0 Å². The molecule has 2 fully saturated rings. The van der Waals surface area contributed by atoms with E-state index in [0.717, 1.165) is 25.7 Å². The van der Waals surface area contributed by atoms with Crippen molar-refractivity contribution < 1.29 is 20.1 Å². The van der Waals surface area contributed by atoms with Crippen LogP contribution in [0.5, 0.6) is 0 Å². The first-order chi connectivity index (χ1) is 13.0. The summed E-state index contributed by atoms with van der Waals surface area (Å²) in [7, 11) is 0. The molecule has 2 aliphatic carbocycles. The molecular formula is C23H28O4. The summed E-state index contributed by atoms with van der Waals surface area (Å²) in [5.41, 5.74) is 2.51. The van der Waals surface area contributed by atoms with E-state index in [2.05, 4.69) is 17.9 Å². The van der Waals surface area contributed by atoms with E-state index < -0.39 is 18.2 Å². The average Bonchev–Trinajstić information content (AvgIpc) is 2.64. The second kappa shape index (κ2) is 9.21. The fraction of sp³-hybridized carbons (Fsp3) is 0.522. The lowest BCUT2D eigenvalue weighted by Gasteiger charge is -2.48. The van der Waals surface area contributed by atoms with Crippen LogP contribution in [0.3, 0.4) is 0 Å². The molecular weight excluding hydrogens is 340 g/mol. The van der Waals surface area contributed by atoms with Gasteiger partial charge in [0.15, 0.2) is 0 Å². The molecule has 2 saturated carbocycles. The van der Waals surface area contributed by atoms with Gasteiger partial charge >= 0.3 is 5.97 Å². The van der Waals surface area contributed by atoms with Crippen LogP contribution >= 0.6 is 0 Å². The summed E-state index contributed by atoms with van der Waals surface area (Å²) in [4.78, 5) is 10.7. The van der Waals surface area contributed by atoms with Gasteiger partial charge in [-0.25, -0.2) is 0 Å². The fourth-order valence-corrected chi connectivity index (χ4v) is 4.30. The lowest BCUT2D eigenvalue weighted by molar-refractivity contribution is -0.136. The highest BCUT2D eigenvalue weighted by molar-refractivity contribution is 5.66. The Morgan fingerprint density at radius 1 is 1.26 bits per heavy atom. The number of benzene rings is 1. The summed E-state index contributed by atoms with van der Waals surface area (Å²) in [5, 5.41) is 29.3. The number of rotatable bonds is 6. The Hall–Kier alpha value is -2.09. The maximum atomic E-state index is 10.7. The summed E-state index contributed by atoms with van der Waals surface area (Å²) >= 11 is 0. The van der Waals surface area contributed by atoms with Crippen LogP contribution in [0.15, 0.2) is 42.0 Å². The zero-order chi connectivity index (χ0) is 19.2. The molecule has 0 bridgehead atoms. The number of carbonyl (C=O) groups is 1. The van der Waals surface area contributed by atoms with Gasteiger partial charge in [-0.05, 0) is 55.9 Å². The van der Waals surface area contributed by atoms with E-state index in [1.54, 1.807) is 0 Å². The maximum absolute atomic E-state index is 10.7. The first-order valence-corrected chi connectivity index (χ1v) is 9.86. The molecule has 4 heteroatoms. The third-order valence-corrected chi connectivity index (χ3v) is 5.84. The lowest BCUT2D eigenvalue weighted by atomic mass is 9.57. The highest BCUT2D eigenvalue weighted by Gasteiger charge is 2.46.